The van der Waals surface area contributed by atoms with E-state index in [0.717, 1.165) is 25.7 Å². The number of nitriles is 1. The molecule has 2 fully saturated rings. The number of carbonyl (C=O) groups is 1. The van der Waals surface area contributed by atoms with Crippen molar-refractivity contribution in [1.82, 2.24) is 0 Å². The molecule has 0 heterocycles. The summed E-state index contributed by atoms with van der Waals surface area (Å²) in [5, 5.41) is 19.3. The summed E-state index contributed by atoms with van der Waals surface area (Å²) in [6.07, 6.45) is 4.65. The van der Waals surface area contributed by atoms with Crippen LogP contribution in [0.5, 0.6) is 5.75 Å². The number of benzene rings is 1. The van der Waals surface area contributed by atoms with Crippen molar-refractivity contribution in [2.45, 2.75) is 51.9 Å². The lowest BCUT2D eigenvalue weighted by molar-refractivity contribution is -0.133. The van der Waals surface area contributed by atoms with E-state index in [1.54, 1.807) is 6.07 Å². The number of Topliss-reactive ketones (excluding diaryl/α,β-unsaturated/α-hetero) is 1. The minimum atomic E-state index is -0.802. The summed E-state index contributed by atoms with van der Waals surface area (Å²) in [5.74, 6) is 1.81. The number of rotatable bonds is 0. The van der Waals surface area contributed by atoms with Crippen molar-refractivity contribution in [3.63, 3.8) is 0 Å². The second kappa shape index (κ2) is 4.60. The lowest BCUT2D eigenvalue weighted by Crippen LogP contribution is -2.43. The van der Waals surface area contributed by atoms with Crippen LogP contribution < -0.4 is 0 Å². The van der Waals surface area contributed by atoms with Gasteiger partial charge < -0.3 is 5.11 Å². The summed E-state index contributed by atoms with van der Waals surface area (Å²) >= 11 is 0. The summed E-state index contributed by atoms with van der Waals surface area (Å²) in [5.41, 5.74) is 1.50. The molecule has 2 saturated carbocycles. The summed E-state index contributed by atoms with van der Waals surface area (Å²) in [7, 11) is 0. The first-order valence-electron chi connectivity index (χ1n) is 8.67. The molecule has 1 aromatic carbocycles. The van der Waals surface area contributed by atoms with Gasteiger partial charge in [0.25, 0.3) is 0 Å². The molecule has 4 rings (SSSR count). The molecule has 3 aliphatic carbocycles. The average Bonchev–Trinajstić information content (AvgIpc) is 2.76. The van der Waals surface area contributed by atoms with E-state index in [1.807, 2.05) is 13.0 Å². The van der Waals surface area contributed by atoms with E-state index < -0.39 is 5.41 Å². The minimum Gasteiger partial charge on any atom is -0.508 e. The van der Waals surface area contributed by atoms with Crippen LogP contribution in [-0.2, 0) is 11.2 Å². The number of ketones is 1. The van der Waals surface area contributed by atoms with E-state index in [4.69, 9.17) is 0 Å². The highest BCUT2D eigenvalue weighted by molar-refractivity contribution is 5.94. The van der Waals surface area contributed by atoms with Crippen molar-refractivity contribution in [2.24, 2.45) is 22.7 Å². The third-order valence-electron chi connectivity index (χ3n) is 6.99. The third kappa shape index (κ3) is 1.84. The molecule has 1 N–H and O–H groups in total. The van der Waals surface area contributed by atoms with Crippen LogP contribution in [0.2, 0.25) is 0 Å². The van der Waals surface area contributed by atoms with Gasteiger partial charge in [0, 0.05) is 5.41 Å². The molecular weight excluding hydrogens is 286 g/mol. The van der Waals surface area contributed by atoms with Gasteiger partial charge in [0.15, 0.2) is 5.78 Å². The van der Waals surface area contributed by atoms with Gasteiger partial charge in [-0.05, 0) is 80.0 Å². The molecule has 0 aromatic heterocycles. The zero-order chi connectivity index (χ0) is 16.4. The maximum atomic E-state index is 12.9. The molecule has 120 valence electrons. The van der Waals surface area contributed by atoms with Gasteiger partial charge in [-0.2, -0.15) is 5.26 Å². The molecule has 23 heavy (non-hydrogen) atoms. The highest BCUT2D eigenvalue weighted by Gasteiger charge is 2.62. The molecule has 0 amide bonds. The van der Waals surface area contributed by atoms with E-state index in [1.165, 1.54) is 11.1 Å². The van der Waals surface area contributed by atoms with Crippen LogP contribution in [0.25, 0.3) is 0 Å². The Kier molecular flexibility index (Phi) is 2.95. The number of aryl methyl sites for hydroxylation is 1. The van der Waals surface area contributed by atoms with Gasteiger partial charge in [0.2, 0.25) is 0 Å². The van der Waals surface area contributed by atoms with Gasteiger partial charge in [0.05, 0.1) is 6.07 Å². The van der Waals surface area contributed by atoms with Gasteiger partial charge in [-0.25, -0.2) is 0 Å². The zero-order valence-electron chi connectivity index (χ0n) is 13.8. The molecule has 0 spiro atoms. The van der Waals surface area contributed by atoms with Crippen molar-refractivity contribution < 1.29 is 9.90 Å². The summed E-state index contributed by atoms with van der Waals surface area (Å²) in [4.78, 5) is 12.9. The quantitative estimate of drug-likeness (QED) is 0.789. The van der Waals surface area contributed by atoms with Crippen molar-refractivity contribution in [3.8, 4) is 11.8 Å². The Balaban J connectivity index is 1.74. The number of phenols is 1. The van der Waals surface area contributed by atoms with Crippen LogP contribution in [0.3, 0.4) is 0 Å². The molecule has 0 saturated heterocycles. The molecular formula is C20H23NO2. The monoisotopic (exact) mass is 309 g/mol. The molecule has 3 heteroatoms. The first kappa shape index (κ1) is 14.8. The summed E-state index contributed by atoms with van der Waals surface area (Å²) in [6.45, 7) is 3.94. The van der Waals surface area contributed by atoms with E-state index in [-0.39, 0.29) is 11.2 Å². The van der Waals surface area contributed by atoms with Crippen molar-refractivity contribution in [1.29, 1.82) is 5.26 Å². The van der Waals surface area contributed by atoms with E-state index in [2.05, 4.69) is 19.1 Å². The average molecular weight is 309 g/mol. The molecule has 0 aliphatic heterocycles. The van der Waals surface area contributed by atoms with Gasteiger partial charge in [-0.15, -0.1) is 0 Å². The Hall–Kier alpha value is -1.82. The Morgan fingerprint density at radius 3 is 2.83 bits per heavy atom. The maximum Gasteiger partial charge on any atom is 0.158 e. The van der Waals surface area contributed by atoms with E-state index in [9.17, 15) is 15.2 Å². The predicted molar refractivity (Wildman–Crippen MR) is 86.8 cm³/mol. The van der Waals surface area contributed by atoms with Gasteiger partial charge in [0.1, 0.15) is 11.2 Å². The molecule has 5 atom stereocenters. The predicted octanol–water partition coefficient (Wildman–Crippen LogP) is 3.96. The fourth-order valence-corrected chi connectivity index (χ4v) is 5.81. The van der Waals surface area contributed by atoms with Crippen LogP contribution in [0.1, 0.15) is 56.6 Å². The highest BCUT2D eigenvalue weighted by atomic mass is 16.3. The first-order valence-corrected chi connectivity index (χ1v) is 8.67. The second-order valence-electron chi connectivity index (χ2n) is 8.23. The topological polar surface area (TPSA) is 61.1 Å². The molecule has 4 unspecified atom stereocenters. The molecule has 0 bridgehead atoms. The largest absolute Gasteiger partial charge is 0.508 e. The number of hydrogen-bond donors (Lipinski definition) is 1. The number of nitrogens with zero attached hydrogens (tertiary/aromatic N) is 1. The van der Waals surface area contributed by atoms with Crippen LogP contribution in [0, 0.1) is 34.0 Å². The second-order valence-corrected chi connectivity index (χ2v) is 8.23. The number of fused-ring (bicyclic) bond motifs is 5. The number of phenolic OH excluding ortho intramolecular Hbond substituents is 1. The molecule has 3 nitrogen and oxygen atoms in total. The summed E-state index contributed by atoms with van der Waals surface area (Å²) in [6, 6.07) is 8.07. The lowest BCUT2D eigenvalue weighted by Gasteiger charge is -2.48. The van der Waals surface area contributed by atoms with Gasteiger partial charge >= 0.3 is 0 Å². The van der Waals surface area contributed by atoms with Crippen molar-refractivity contribution >= 4 is 5.78 Å². The standard InChI is InChI=1S/C20H23NO2/c1-19(11-21)10-17-16-5-3-12-9-13(22)4-6-14(12)15(16)7-8-20(17,2)18(19)23/h4,6,9,15-17,22H,3,5,7-8,10H2,1-2H3/t15?,16?,17?,19?,20-/m0/s1. The van der Waals surface area contributed by atoms with Crippen molar-refractivity contribution in [2.75, 3.05) is 0 Å². The third-order valence-corrected chi connectivity index (χ3v) is 6.99. The molecule has 3 aliphatic rings. The first-order chi connectivity index (χ1) is 10.9. The fourth-order valence-electron chi connectivity index (χ4n) is 5.81. The van der Waals surface area contributed by atoms with Crippen LogP contribution in [0.4, 0.5) is 0 Å². The van der Waals surface area contributed by atoms with E-state index in [0.29, 0.717) is 29.9 Å². The van der Waals surface area contributed by atoms with Crippen molar-refractivity contribution in [3.05, 3.63) is 29.3 Å². The molecule has 1 aromatic rings. The number of aromatic hydroxyl groups is 1. The normalized spacial score (nSPS) is 41.6. The smallest absolute Gasteiger partial charge is 0.158 e. The Labute approximate surface area is 137 Å². The van der Waals surface area contributed by atoms with Crippen LogP contribution in [0.15, 0.2) is 18.2 Å². The Morgan fingerprint density at radius 2 is 2.09 bits per heavy atom. The van der Waals surface area contributed by atoms with E-state index >= 15 is 0 Å². The van der Waals surface area contributed by atoms with Crippen LogP contribution in [-0.4, -0.2) is 10.9 Å². The Morgan fingerprint density at radius 1 is 1.30 bits per heavy atom. The highest BCUT2D eigenvalue weighted by Crippen LogP contribution is 2.63. The zero-order valence-corrected chi connectivity index (χ0v) is 13.8. The van der Waals surface area contributed by atoms with Crippen LogP contribution >= 0.6 is 0 Å². The molecule has 0 radical (unpaired) electrons. The van der Waals surface area contributed by atoms with Gasteiger partial charge in [-0.3, -0.25) is 4.79 Å². The Bertz CT molecular complexity index is 734. The van der Waals surface area contributed by atoms with Gasteiger partial charge in [-0.1, -0.05) is 13.0 Å². The maximum absolute atomic E-state index is 12.9. The number of hydrogen-bond acceptors (Lipinski definition) is 3. The summed E-state index contributed by atoms with van der Waals surface area (Å²) < 4.78 is 0. The number of carbonyl (C=O) groups excluding carboxylic acids is 1. The fraction of sp³-hybridized carbons (Fsp3) is 0.600. The lowest BCUT2D eigenvalue weighted by atomic mass is 9.55. The SMILES string of the molecule is CC1(C#N)CC2C3CCc4cc(O)ccc4C3CC[C@]2(C)C1=O. The minimum absolute atomic E-state index is 0.174.